The number of nitrogens with zero attached hydrogens (tertiary/aromatic N) is 1. The smallest absolute Gasteiger partial charge is 0.323 e. The molecule has 1 aromatic rings. The molecule has 0 fully saturated rings. The summed E-state index contributed by atoms with van der Waals surface area (Å²) in [6, 6.07) is -0.629. The first-order valence-corrected chi connectivity index (χ1v) is 5.63. The molecule has 5 heteroatoms. The fourth-order valence-electron chi connectivity index (χ4n) is 1.00. The molecule has 0 aliphatic rings. The Morgan fingerprint density at radius 1 is 1.67 bits per heavy atom. The van der Waals surface area contributed by atoms with Crippen molar-refractivity contribution >= 4 is 17.3 Å². The van der Waals surface area contributed by atoms with Crippen LogP contribution in [-0.2, 0) is 16.0 Å². The van der Waals surface area contributed by atoms with Crippen molar-refractivity contribution in [3.63, 3.8) is 0 Å². The SMILES string of the molecule is CC(C)(C)OC(=O)[C@@H](N)Cc1nccs1. The molecule has 1 rings (SSSR count). The van der Waals surface area contributed by atoms with Crippen LogP contribution in [-0.4, -0.2) is 22.6 Å². The number of hydrogen-bond donors (Lipinski definition) is 1. The van der Waals surface area contributed by atoms with Crippen LogP contribution in [0.3, 0.4) is 0 Å². The first kappa shape index (κ1) is 12.1. The van der Waals surface area contributed by atoms with Gasteiger partial charge in [0.2, 0.25) is 0 Å². The third kappa shape index (κ3) is 4.40. The van der Waals surface area contributed by atoms with Gasteiger partial charge in [0, 0.05) is 18.0 Å². The Morgan fingerprint density at radius 2 is 2.33 bits per heavy atom. The molecule has 0 unspecified atom stereocenters. The number of rotatable bonds is 3. The molecule has 0 aliphatic carbocycles. The highest BCUT2D eigenvalue weighted by Gasteiger charge is 2.22. The molecule has 0 saturated carbocycles. The van der Waals surface area contributed by atoms with E-state index in [1.165, 1.54) is 11.3 Å². The zero-order chi connectivity index (χ0) is 11.5. The Balaban J connectivity index is 2.47. The van der Waals surface area contributed by atoms with Crippen molar-refractivity contribution < 1.29 is 9.53 Å². The summed E-state index contributed by atoms with van der Waals surface area (Å²) >= 11 is 1.49. The Bertz CT molecular complexity index is 317. The topological polar surface area (TPSA) is 65.2 Å². The van der Waals surface area contributed by atoms with Gasteiger partial charge in [-0.3, -0.25) is 4.79 Å². The third-order valence-electron chi connectivity index (χ3n) is 1.59. The van der Waals surface area contributed by atoms with Gasteiger partial charge in [-0.2, -0.15) is 0 Å². The van der Waals surface area contributed by atoms with Gasteiger partial charge >= 0.3 is 5.97 Å². The van der Waals surface area contributed by atoms with Crippen LogP contribution in [0.4, 0.5) is 0 Å². The lowest BCUT2D eigenvalue weighted by molar-refractivity contribution is -0.156. The molecule has 0 amide bonds. The second-order valence-corrected chi connectivity index (χ2v) is 5.25. The average molecular weight is 228 g/mol. The summed E-state index contributed by atoms with van der Waals surface area (Å²) in [4.78, 5) is 15.6. The highest BCUT2D eigenvalue weighted by Crippen LogP contribution is 2.11. The molecule has 0 aliphatic heterocycles. The Hall–Kier alpha value is -0.940. The lowest BCUT2D eigenvalue weighted by Gasteiger charge is -2.21. The number of hydrogen-bond acceptors (Lipinski definition) is 5. The number of nitrogens with two attached hydrogens (primary N) is 1. The minimum atomic E-state index is -0.629. The van der Waals surface area contributed by atoms with Gasteiger partial charge in [0.1, 0.15) is 11.6 Å². The van der Waals surface area contributed by atoms with Crippen LogP contribution >= 0.6 is 11.3 Å². The summed E-state index contributed by atoms with van der Waals surface area (Å²) in [5.74, 6) is -0.377. The highest BCUT2D eigenvalue weighted by atomic mass is 32.1. The van der Waals surface area contributed by atoms with Crippen LogP contribution in [0.5, 0.6) is 0 Å². The minimum Gasteiger partial charge on any atom is -0.459 e. The predicted octanol–water partition coefficient (Wildman–Crippen LogP) is 1.35. The number of aromatic nitrogens is 1. The second-order valence-electron chi connectivity index (χ2n) is 4.27. The first-order chi connectivity index (χ1) is 6.88. The monoisotopic (exact) mass is 228 g/mol. The number of esters is 1. The summed E-state index contributed by atoms with van der Waals surface area (Å²) in [5, 5.41) is 2.71. The van der Waals surface area contributed by atoms with Gasteiger partial charge in [-0.1, -0.05) is 0 Å². The van der Waals surface area contributed by atoms with E-state index >= 15 is 0 Å². The van der Waals surface area contributed by atoms with E-state index in [-0.39, 0.29) is 5.97 Å². The summed E-state index contributed by atoms with van der Waals surface area (Å²) in [6.07, 6.45) is 2.13. The first-order valence-electron chi connectivity index (χ1n) is 4.75. The molecule has 0 bridgehead atoms. The van der Waals surface area contributed by atoms with Crippen LogP contribution in [0.1, 0.15) is 25.8 Å². The Kier molecular flexibility index (Phi) is 3.82. The van der Waals surface area contributed by atoms with Crippen molar-refractivity contribution in [1.82, 2.24) is 4.98 Å². The second kappa shape index (κ2) is 4.72. The standard InChI is InChI=1S/C10H16N2O2S/c1-10(2,3)14-9(13)7(11)6-8-12-4-5-15-8/h4-5,7H,6,11H2,1-3H3/t7-/m0/s1. The normalized spacial score (nSPS) is 13.6. The lowest BCUT2D eigenvalue weighted by Crippen LogP contribution is -2.38. The maximum atomic E-state index is 11.5. The maximum Gasteiger partial charge on any atom is 0.323 e. The van der Waals surface area contributed by atoms with Gasteiger partial charge in [0.05, 0.1) is 5.01 Å². The fraction of sp³-hybridized carbons (Fsp3) is 0.600. The van der Waals surface area contributed by atoms with Crippen molar-refractivity contribution in [1.29, 1.82) is 0 Å². The molecule has 0 radical (unpaired) electrons. The average Bonchev–Trinajstić information content (AvgIpc) is 2.53. The molecule has 0 saturated heterocycles. The molecule has 0 spiro atoms. The summed E-state index contributed by atoms with van der Waals surface area (Å²) < 4.78 is 5.16. The lowest BCUT2D eigenvalue weighted by atomic mass is 10.1. The summed E-state index contributed by atoms with van der Waals surface area (Å²) in [5.41, 5.74) is 5.22. The molecule has 15 heavy (non-hydrogen) atoms. The molecular weight excluding hydrogens is 212 g/mol. The van der Waals surface area contributed by atoms with E-state index in [0.717, 1.165) is 5.01 Å². The minimum absolute atomic E-state index is 0.377. The van der Waals surface area contributed by atoms with E-state index < -0.39 is 11.6 Å². The van der Waals surface area contributed by atoms with Gasteiger partial charge in [-0.05, 0) is 20.8 Å². The number of ether oxygens (including phenoxy) is 1. The van der Waals surface area contributed by atoms with Crippen molar-refractivity contribution in [2.75, 3.05) is 0 Å². The molecule has 2 N–H and O–H groups in total. The van der Waals surface area contributed by atoms with Crippen molar-refractivity contribution in [2.45, 2.75) is 38.8 Å². The van der Waals surface area contributed by atoms with Gasteiger partial charge in [0.15, 0.2) is 0 Å². The van der Waals surface area contributed by atoms with Crippen LogP contribution in [0.2, 0.25) is 0 Å². The quantitative estimate of drug-likeness (QED) is 0.793. The van der Waals surface area contributed by atoms with E-state index in [2.05, 4.69) is 4.98 Å². The molecule has 1 atom stereocenters. The molecule has 84 valence electrons. The van der Waals surface area contributed by atoms with E-state index in [4.69, 9.17) is 10.5 Å². The van der Waals surface area contributed by atoms with Crippen molar-refractivity contribution in [3.05, 3.63) is 16.6 Å². The summed E-state index contributed by atoms with van der Waals surface area (Å²) in [7, 11) is 0. The summed E-state index contributed by atoms with van der Waals surface area (Å²) in [6.45, 7) is 5.46. The van der Waals surface area contributed by atoms with Crippen LogP contribution in [0, 0.1) is 0 Å². The van der Waals surface area contributed by atoms with E-state index in [0.29, 0.717) is 6.42 Å². The Morgan fingerprint density at radius 3 is 2.80 bits per heavy atom. The molecule has 0 aromatic carbocycles. The zero-order valence-electron chi connectivity index (χ0n) is 9.19. The van der Waals surface area contributed by atoms with Gasteiger partial charge in [0.25, 0.3) is 0 Å². The Labute approximate surface area is 93.5 Å². The highest BCUT2D eigenvalue weighted by molar-refractivity contribution is 7.09. The molecule has 1 heterocycles. The van der Waals surface area contributed by atoms with E-state index in [9.17, 15) is 4.79 Å². The van der Waals surface area contributed by atoms with E-state index in [1.807, 2.05) is 26.2 Å². The van der Waals surface area contributed by atoms with Crippen LogP contribution < -0.4 is 5.73 Å². The van der Waals surface area contributed by atoms with Gasteiger partial charge in [-0.25, -0.2) is 4.98 Å². The number of thiazole rings is 1. The molecular formula is C10H16N2O2S. The van der Waals surface area contributed by atoms with Gasteiger partial charge < -0.3 is 10.5 Å². The largest absolute Gasteiger partial charge is 0.459 e. The third-order valence-corrected chi connectivity index (χ3v) is 2.39. The van der Waals surface area contributed by atoms with Crippen LogP contribution in [0.25, 0.3) is 0 Å². The number of carbonyl (C=O) groups excluding carboxylic acids is 1. The zero-order valence-corrected chi connectivity index (χ0v) is 10.0. The predicted molar refractivity (Wildman–Crippen MR) is 59.6 cm³/mol. The van der Waals surface area contributed by atoms with Gasteiger partial charge in [-0.15, -0.1) is 11.3 Å². The van der Waals surface area contributed by atoms with Crippen molar-refractivity contribution in [3.8, 4) is 0 Å². The maximum absolute atomic E-state index is 11.5. The van der Waals surface area contributed by atoms with Crippen molar-refractivity contribution in [2.24, 2.45) is 5.73 Å². The fourth-order valence-corrected chi connectivity index (χ4v) is 1.68. The van der Waals surface area contributed by atoms with E-state index in [1.54, 1.807) is 6.20 Å². The molecule has 1 aromatic heterocycles. The number of carbonyl (C=O) groups is 1. The van der Waals surface area contributed by atoms with Crippen LogP contribution in [0.15, 0.2) is 11.6 Å². The molecule has 4 nitrogen and oxygen atoms in total.